The second kappa shape index (κ2) is 10.2. The number of para-hydroxylation sites is 5. The molecule has 0 unspecified atom stereocenters. The Morgan fingerprint density at radius 1 is 0.500 bits per heavy atom. The minimum atomic E-state index is 0.492. The zero-order chi connectivity index (χ0) is 31.8. The first-order valence-electron chi connectivity index (χ1n) is 16.2. The minimum absolute atomic E-state index is 0.492. The topological polar surface area (TPSA) is 46.8 Å². The first kappa shape index (κ1) is 26.6. The molecule has 224 valence electrons. The van der Waals surface area contributed by atoms with Gasteiger partial charge in [-0.25, -0.2) is 0 Å². The highest BCUT2D eigenvalue weighted by molar-refractivity contribution is 6.14. The van der Waals surface area contributed by atoms with Gasteiger partial charge in [0, 0.05) is 54.5 Å². The lowest BCUT2D eigenvalue weighted by Crippen LogP contribution is -2.08. The maximum absolute atomic E-state index is 11.1. The van der Waals surface area contributed by atoms with Crippen molar-refractivity contribution in [3.8, 4) is 22.9 Å². The van der Waals surface area contributed by atoms with E-state index in [9.17, 15) is 5.26 Å². The largest absolute Gasteiger partial charge is 0.454 e. The highest BCUT2D eigenvalue weighted by atomic mass is 16.3. The third kappa shape index (κ3) is 3.70. The van der Waals surface area contributed by atoms with Crippen LogP contribution in [0.4, 0.5) is 0 Å². The Kier molecular flexibility index (Phi) is 5.67. The molecule has 0 aliphatic carbocycles. The summed E-state index contributed by atoms with van der Waals surface area (Å²) in [7, 11) is 0. The molecule has 0 spiro atoms. The van der Waals surface area contributed by atoms with E-state index >= 15 is 0 Å². The molecule has 0 aliphatic rings. The van der Waals surface area contributed by atoms with Crippen molar-refractivity contribution in [2.45, 2.75) is 6.54 Å². The van der Waals surface area contributed by atoms with Crippen molar-refractivity contribution < 1.29 is 4.42 Å². The predicted molar refractivity (Wildman–Crippen MR) is 197 cm³/mol. The molecule has 0 N–H and O–H groups in total. The Balaban J connectivity index is 1.36. The lowest BCUT2D eigenvalue weighted by molar-refractivity contribution is 0.667. The summed E-state index contributed by atoms with van der Waals surface area (Å²) < 4.78 is 11.5. The van der Waals surface area contributed by atoms with Gasteiger partial charge in [0.15, 0.2) is 5.58 Å². The molecule has 4 heteroatoms. The zero-order valence-corrected chi connectivity index (χ0v) is 25.9. The molecule has 0 amide bonds. The van der Waals surface area contributed by atoms with Crippen LogP contribution in [0.3, 0.4) is 0 Å². The maximum Gasteiger partial charge on any atom is 0.153 e. The molecule has 4 nitrogen and oxygen atoms in total. The molecule has 0 saturated carbocycles. The van der Waals surface area contributed by atoms with Crippen molar-refractivity contribution in [2.24, 2.45) is 0 Å². The van der Waals surface area contributed by atoms with Gasteiger partial charge in [-0.2, -0.15) is 5.26 Å². The number of furan rings is 1. The van der Waals surface area contributed by atoms with E-state index < -0.39 is 0 Å². The maximum atomic E-state index is 11.1. The van der Waals surface area contributed by atoms with Crippen LogP contribution in [0.1, 0.15) is 11.1 Å². The number of hydrogen-bond donors (Lipinski definition) is 0. The Labute approximate surface area is 275 Å². The van der Waals surface area contributed by atoms with Crippen LogP contribution in [0.2, 0.25) is 0 Å². The third-order valence-corrected chi connectivity index (χ3v) is 9.89. The zero-order valence-electron chi connectivity index (χ0n) is 25.9. The van der Waals surface area contributed by atoms with Crippen LogP contribution < -0.4 is 0 Å². The van der Waals surface area contributed by atoms with E-state index in [1.807, 2.05) is 18.2 Å². The molecule has 0 radical (unpaired) electrons. The molecule has 0 fully saturated rings. The van der Waals surface area contributed by atoms with E-state index in [1.54, 1.807) is 0 Å². The van der Waals surface area contributed by atoms with Gasteiger partial charge in [0.25, 0.3) is 0 Å². The average Bonchev–Trinajstić information content (AvgIpc) is 3.80. The summed E-state index contributed by atoms with van der Waals surface area (Å²) in [5.74, 6) is 0. The predicted octanol–water partition coefficient (Wildman–Crippen LogP) is 11.4. The van der Waals surface area contributed by atoms with E-state index in [4.69, 9.17) is 4.42 Å². The highest BCUT2D eigenvalue weighted by Crippen LogP contribution is 2.43. The fourth-order valence-corrected chi connectivity index (χ4v) is 7.79. The van der Waals surface area contributed by atoms with E-state index in [-0.39, 0.29) is 0 Å². The summed E-state index contributed by atoms with van der Waals surface area (Å²) in [5, 5.41) is 17.8. The van der Waals surface area contributed by atoms with Crippen LogP contribution >= 0.6 is 0 Å². The smallest absolute Gasteiger partial charge is 0.153 e. The summed E-state index contributed by atoms with van der Waals surface area (Å²) in [5.41, 5.74) is 10.4. The number of nitrogens with zero attached hydrogens (tertiary/aromatic N) is 3. The Morgan fingerprint density at radius 3 is 1.62 bits per heavy atom. The molecule has 48 heavy (non-hydrogen) atoms. The molecule has 0 atom stereocenters. The second-order valence-corrected chi connectivity index (χ2v) is 12.4. The average molecular weight is 614 g/mol. The van der Waals surface area contributed by atoms with Crippen LogP contribution in [0, 0.1) is 11.3 Å². The Bertz CT molecular complexity index is 2830. The molecule has 0 saturated heterocycles. The van der Waals surface area contributed by atoms with Crippen LogP contribution in [0.15, 0.2) is 156 Å². The standard InChI is InChI=1S/C44H27N3O/c45-26-36-37(27-46-38-21-8-4-15-30(38)31-16-5-9-22-39(31)46)42(47-40-23-10-6-17-32(40)33-18-7-11-24-41(33)47)25-35-34-20-12-19-29(43(34)48-44(35)36)28-13-2-1-3-14-28/h1-25H,27H2. The van der Waals surface area contributed by atoms with Crippen molar-refractivity contribution >= 4 is 65.6 Å². The van der Waals surface area contributed by atoms with Crippen LogP contribution in [-0.2, 0) is 6.54 Å². The number of hydrogen-bond acceptors (Lipinski definition) is 2. The molecule has 10 rings (SSSR count). The molecule has 3 heterocycles. The summed E-state index contributed by atoms with van der Waals surface area (Å²) in [4.78, 5) is 0. The molecule has 0 aliphatic heterocycles. The number of fused-ring (bicyclic) bond motifs is 9. The van der Waals surface area contributed by atoms with Gasteiger partial charge < -0.3 is 13.6 Å². The molecular formula is C44H27N3O. The van der Waals surface area contributed by atoms with Gasteiger partial charge in [-0.15, -0.1) is 0 Å². The number of rotatable bonds is 4. The van der Waals surface area contributed by atoms with E-state index in [0.717, 1.165) is 60.8 Å². The monoisotopic (exact) mass is 613 g/mol. The summed E-state index contributed by atoms with van der Waals surface area (Å²) in [6.45, 7) is 0.492. The molecule has 10 aromatic rings. The van der Waals surface area contributed by atoms with Crippen LogP contribution in [-0.4, -0.2) is 9.13 Å². The Morgan fingerprint density at radius 2 is 1.02 bits per heavy atom. The van der Waals surface area contributed by atoms with Gasteiger partial charge in [-0.05, 0) is 35.9 Å². The fourth-order valence-electron chi connectivity index (χ4n) is 7.79. The lowest BCUT2D eigenvalue weighted by atomic mass is 9.98. The van der Waals surface area contributed by atoms with Crippen molar-refractivity contribution in [1.82, 2.24) is 9.13 Å². The number of benzene rings is 7. The highest BCUT2D eigenvalue weighted by Gasteiger charge is 2.25. The molecular weight excluding hydrogens is 587 g/mol. The van der Waals surface area contributed by atoms with Gasteiger partial charge >= 0.3 is 0 Å². The summed E-state index contributed by atoms with van der Waals surface area (Å²) >= 11 is 0. The van der Waals surface area contributed by atoms with E-state index in [0.29, 0.717) is 17.7 Å². The SMILES string of the molecule is N#Cc1c(Cn2c3ccccc3c3ccccc32)c(-n2c3ccccc3c3ccccc32)cc2c1oc1c(-c3ccccc3)cccc12. The molecule has 7 aromatic carbocycles. The third-order valence-electron chi connectivity index (χ3n) is 9.89. The van der Waals surface area contributed by atoms with Crippen molar-refractivity contribution in [3.05, 3.63) is 163 Å². The Hall–Kier alpha value is -6.57. The second-order valence-electron chi connectivity index (χ2n) is 12.4. The minimum Gasteiger partial charge on any atom is -0.454 e. The normalized spacial score (nSPS) is 11.8. The van der Waals surface area contributed by atoms with Crippen molar-refractivity contribution in [1.29, 1.82) is 5.26 Å². The van der Waals surface area contributed by atoms with E-state index in [2.05, 4.69) is 149 Å². The first-order chi connectivity index (χ1) is 23.8. The lowest BCUT2D eigenvalue weighted by Gasteiger charge is -2.18. The summed E-state index contributed by atoms with van der Waals surface area (Å²) in [6, 6.07) is 55.7. The van der Waals surface area contributed by atoms with Gasteiger partial charge in [-0.3, -0.25) is 0 Å². The van der Waals surface area contributed by atoms with E-state index in [1.165, 1.54) is 21.5 Å². The fraction of sp³-hybridized carbons (Fsp3) is 0.0227. The van der Waals surface area contributed by atoms with Crippen LogP contribution in [0.25, 0.3) is 82.4 Å². The van der Waals surface area contributed by atoms with Crippen molar-refractivity contribution in [3.63, 3.8) is 0 Å². The van der Waals surface area contributed by atoms with Gasteiger partial charge in [0.2, 0.25) is 0 Å². The first-order valence-corrected chi connectivity index (χ1v) is 16.2. The number of nitriles is 1. The summed E-state index contributed by atoms with van der Waals surface area (Å²) in [6.07, 6.45) is 0. The van der Waals surface area contributed by atoms with Crippen LogP contribution in [0.5, 0.6) is 0 Å². The van der Waals surface area contributed by atoms with Gasteiger partial charge in [-0.1, -0.05) is 121 Å². The van der Waals surface area contributed by atoms with Gasteiger partial charge in [0.05, 0.1) is 23.3 Å². The van der Waals surface area contributed by atoms with Crippen molar-refractivity contribution in [2.75, 3.05) is 0 Å². The number of aromatic nitrogens is 2. The molecule has 3 aromatic heterocycles. The van der Waals surface area contributed by atoms with Gasteiger partial charge in [0.1, 0.15) is 17.2 Å². The molecule has 0 bridgehead atoms. The quantitative estimate of drug-likeness (QED) is 0.198.